The summed E-state index contributed by atoms with van der Waals surface area (Å²) in [6.45, 7) is 3.84. The van der Waals surface area contributed by atoms with Crippen LogP contribution >= 0.6 is 0 Å². The van der Waals surface area contributed by atoms with Crippen molar-refractivity contribution in [3.8, 4) is 0 Å². The van der Waals surface area contributed by atoms with Gasteiger partial charge in [-0.1, -0.05) is 12.2 Å². The van der Waals surface area contributed by atoms with Crippen molar-refractivity contribution >= 4 is 56.0 Å². The molecule has 9 nitrogen and oxygen atoms in total. The van der Waals surface area contributed by atoms with Gasteiger partial charge in [0.25, 0.3) is 0 Å². The SMILES string of the molecule is CC=CC(=O)OCC(C)(COC(=O)C=CC)C(=O)O.O=S(=O)(O)CC[CH2][Na]. The molecule has 0 aromatic carbocycles. The molecular weight excluding hydrogens is 391 g/mol. The van der Waals surface area contributed by atoms with Crippen LogP contribution in [0, 0.1) is 5.41 Å². The summed E-state index contributed by atoms with van der Waals surface area (Å²) >= 11 is 1.01. The maximum absolute atomic E-state index is 11.1. The molecule has 0 aliphatic heterocycles. The number of rotatable bonds is 10. The van der Waals surface area contributed by atoms with Crippen LogP contribution < -0.4 is 0 Å². The molecule has 0 bridgehead atoms. The van der Waals surface area contributed by atoms with Crippen molar-refractivity contribution in [2.24, 2.45) is 5.41 Å². The van der Waals surface area contributed by atoms with Gasteiger partial charge < -0.3 is 14.6 Å². The Morgan fingerprint density at radius 1 is 1.04 bits per heavy atom. The molecule has 150 valence electrons. The molecule has 0 saturated heterocycles. The van der Waals surface area contributed by atoms with Crippen molar-refractivity contribution in [3.63, 3.8) is 0 Å². The van der Waals surface area contributed by atoms with Crippen LogP contribution in [0.25, 0.3) is 0 Å². The Morgan fingerprint density at radius 2 is 1.44 bits per heavy atom. The van der Waals surface area contributed by atoms with Crippen LogP contribution in [0.4, 0.5) is 0 Å². The molecule has 27 heavy (non-hydrogen) atoms. The number of carbonyl (C=O) groups is 3. The molecular formula is C16H25NaO9S. The number of hydrogen-bond donors (Lipinski definition) is 2. The molecule has 2 N–H and O–H groups in total. The Morgan fingerprint density at radius 3 is 1.67 bits per heavy atom. The van der Waals surface area contributed by atoms with Crippen LogP contribution in [0.2, 0.25) is 3.67 Å². The number of aliphatic carboxylic acids is 1. The van der Waals surface area contributed by atoms with Gasteiger partial charge in [0.05, 0.1) is 0 Å². The summed E-state index contributed by atoms with van der Waals surface area (Å²) in [6, 6.07) is 0. The van der Waals surface area contributed by atoms with Crippen molar-refractivity contribution in [1.29, 1.82) is 0 Å². The maximum atomic E-state index is 11.1. The first-order valence-electron chi connectivity index (χ1n) is 8.19. The molecule has 0 radical (unpaired) electrons. The number of carboxylic acids is 1. The van der Waals surface area contributed by atoms with Crippen LogP contribution in [0.15, 0.2) is 24.3 Å². The Kier molecular flexibility index (Phi) is 15.4. The van der Waals surface area contributed by atoms with E-state index in [0.29, 0.717) is 6.42 Å². The second-order valence-electron chi connectivity index (χ2n) is 5.72. The Hall–Kier alpha value is -1.20. The van der Waals surface area contributed by atoms with E-state index in [1.54, 1.807) is 13.8 Å². The van der Waals surface area contributed by atoms with E-state index in [9.17, 15) is 22.8 Å². The quantitative estimate of drug-likeness (QED) is 0.232. The molecule has 0 aromatic rings. The minimum absolute atomic E-state index is 0.0729. The van der Waals surface area contributed by atoms with Crippen molar-refractivity contribution in [2.75, 3.05) is 19.0 Å². The van der Waals surface area contributed by atoms with E-state index in [4.69, 9.17) is 19.1 Å². The topological polar surface area (TPSA) is 144 Å². The van der Waals surface area contributed by atoms with Gasteiger partial charge in [-0.2, -0.15) is 0 Å². The Balaban J connectivity index is 0. The van der Waals surface area contributed by atoms with E-state index < -0.39 is 33.4 Å². The van der Waals surface area contributed by atoms with Crippen molar-refractivity contribution in [1.82, 2.24) is 0 Å². The summed E-state index contributed by atoms with van der Waals surface area (Å²) in [5, 5.41) is 9.10. The zero-order valence-corrected chi connectivity index (χ0v) is 18.8. The predicted octanol–water partition coefficient (Wildman–Crippen LogP) is 1.17. The van der Waals surface area contributed by atoms with E-state index in [1.165, 1.54) is 31.2 Å². The molecule has 0 rings (SSSR count). The van der Waals surface area contributed by atoms with Crippen LogP contribution in [-0.2, 0) is 34.0 Å². The summed E-state index contributed by atoms with van der Waals surface area (Å²) < 4.78 is 38.6. The molecule has 0 spiro atoms. The van der Waals surface area contributed by atoms with Crippen LogP contribution in [0.1, 0.15) is 27.2 Å². The van der Waals surface area contributed by atoms with Gasteiger partial charge >= 0.3 is 84.8 Å². The summed E-state index contributed by atoms with van der Waals surface area (Å²) in [5.41, 5.74) is -1.48. The fourth-order valence-corrected chi connectivity index (χ4v) is 2.84. The van der Waals surface area contributed by atoms with Gasteiger partial charge in [-0.05, 0) is 20.8 Å². The fourth-order valence-electron chi connectivity index (χ4n) is 1.32. The normalized spacial score (nSPS) is 13.6. The zero-order chi connectivity index (χ0) is 21.5. The monoisotopic (exact) mass is 416 g/mol. The average Bonchev–Trinajstić information content (AvgIpc) is 2.56. The third-order valence-electron chi connectivity index (χ3n) is 2.94. The first-order valence-corrected chi connectivity index (χ1v) is 11.2. The van der Waals surface area contributed by atoms with E-state index >= 15 is 0 Å². The number of carbonyl (C=O) groups excluding carboxylic acids is 2. The number of hydrogen-bond acceptors (Lipinski definition) is 7. The molecule has 0 amide bonds. The Labute approximate surface area is 177 Å². The third kappa shape index (κ3) is 16.7. The van der Waals surface area contributed by atoms with Gasteiger partial charge in [0.2, 0.25) is 0 Å². The van der Waals surface area contributed by atoms with Gasteiger partial charge in [0.15, 0.2) is 0 Å². The van der Waals surface area contributed by atoms with Crippen LogP contribution in [-0.4, -0.2) is 82.9 Å². The number of carboxylic acid groups (broad SMARTS) is 1. The second kappa shape index (κ2) is 14.8. The van der Waals surface area contributed by atoms with E-state index in [0.717, 1.165) is 31.6 Å². The van der Waals surface area contributed by atoms with E-state index in [1.807, 2.05) is 0 Å². The van der Waals surface area contributed by atoms with Crippen molar-refractivity contribution in [2.45, 2.75) is 30.9 Å². The molecule has 0 unspecified atom stereocenters. The number of esters is 2. The van der Waals surface area contributed by atoms with Crippen molar-refractivity contribution in [3.05, 3.63) is 24.3 Å². The molecule has 0 aliphatic carbocycles. The van der Waals surface area contributed by atoms with Gasteiger partial charge in [-0.3, -0.25) is 4.79 Å². The molecule has 0 saturated carbocycles. The predicted molar refractivity (Wildman–Crippen MR) is 98.9 cm³/mol. The summed E-state index contributed by atoms with van der Waals surface area (Å²) in [5.74, 6) is -2.57. The Bertz CT molecular complexity index is 610. The molecule has 0 fully saturated rings. The first kappa shape index (κ1) is 28.0. The molecule has 0 atom stereocenters. The number of allylic oxidation sites excluding steroid dienone is 2. The van der Waals surface area contributed by atoms with Crippen LogP contribution in [0.5, 0.6) is 0 Å². The standard InChI is InChI=1S/C13H18O6.C3H7O3S.Na/c1-4-6-10(14)18-8-13(3,12(16)17)9-19-11(15)7-5-2;1-2-3-7(4,5)6;/h4-7H,8-9H2,1-3H3,(H,16,17);1-3H2,(H,4,5,6);. The average molecular weight is 416 g/mol. The second-order valence-corrected chi connectivity index (χ2v) is 8.29. The van der Waals surface area contributed by atoms with Gasteiger partial charge in [0.1, 0.15) is 18.6 Å². The van der Waals surface area contributed by atoms with Gasteiger partial charge in [-0.25, -0.2) is 9.59 Å². The first-order chi connectivity index (χ1) is 12.4. The summed E-state index contributed by atoms with van der Waals surface area (Å²) in [7, 11) is -3.66. The fraction of sp³-hybridized carbons (Fsp3) is 0.562. The summed E-state index contributed by atoms with van der Waals surface area (Å²) in [4.78, 5) is 33.4. The third-order valence-corrected chi connectivity index (χ3v) is 4.46. The minimum atomic E-state index is -3.66. The van der Waals surface area contributed by atoms with Crippen molar-refractivity contribution < 1.29 is 41.9 Å². The van der Waals surface area contributed by atoms with Crippen LogP contribution in [0.3, 0.4) is 0 Å². The summed E-state index contributed by atoms with van der Waals surface area (Å²) in [6.07, 6.45) is 5.91. The van der Waals surface area contributed by atoms with E-state index in [2.05, 4.69) is 0 Å². The molecule has 0 aliphatic rings. The molecule has 11 heteroatoms. The zero-order valence-electron chi connectivity index (χ0n) is 16.0. The molecule has 0 aromatic heterocycles. The van der Waals surface area contributed by atoms with Gasteiger partial charge in [-0.15, -0.1) is 0 Å². The molecule has 0 heterocycles. The van der Waals surface area contributed by atoms with E-state index in [-0.39, 0.29) is 19.0 Å². The number of ether oxygens (including phenoxy) is 2. The van der Waals surface area contributed by atoms with Gasteiger partial charge in [0, 0.05) is 12.2 Å².